The minimum Gasteiger partial charge on any atom is -0.480 e. The van der Waals surface area contributed by atoms with Crippen LogP contribution in [0, 0.1) is 11.8 Å². The van der Waals surface area contributed by atoms with E-state index in [2.05, 4.69) is 10.6 Å². The normalized spacial score (nSPS) is 20.9. The van der Waals surface area contributed by atoms with Crippen LogP contribution in [0.5, 0.6) is 0 Å². The molecule has 2 atom stereocenters. The largest absolute Gasteiger partial charge is 0.480 e. The predicted octanol–water partition coefficient (Wildman–Crippen LogP) is -0.127. The minimum atomic E-state index is -1.12. The topological polar surface area (TPSA) is 98.7 Å². The summed E-state index contributed by atoms with van der Waals surface area (Å²) < 4.78 is 0. The molecule has 0 aliphatic carbocycles. The van der Waals surface area contributed by atoms with Gasteiger partial charge in [-0.25, -0.2) is 9.59 Å². The fourth-order valence-electron chi connectivity index (χ4n) is 1.66. The molecule has 1 saturated heterocycles. The van der Waals surface area contributed by atoms with Crippen molar-refractivity contribution in [2.45, 2.75) is 26.8 Å². The molecule has 0 saturated carbocycles. The molecule has 3 amide bonds. The molecule has 1 heterocycles. The van der Waals surface area contributed by atoms with E-state index in [0.29, 0.717) is 12.5 Å². The first kappa shape index (κ1) is 15.3. The molecule has 1 fully saturated rings. The monoisotopic (exact) mass is 271 g/mol. The molecule has 0 aromatic carbocycles. The van der Waals surface area contributed by atoms with E-state index >= 15 is 0 Å². The van der Waals surface area contributed by atoms with Crippen molar-refractivity contribution in [2.24, 2.45) is 11.8 Å². The number of rotatable bonds is 4. The van der Waals surface area contributed by atoms with E-state index in [1.165, 1.54) is 0 Å². The average molecular weight is 271 g/mol. The van der Waals surface area contributed by atoms with Crippen LogP contribution in [0.2, 0.25) is 0 Å². The van der Waals surface area contributed by atoms with Crippen molar-refractivity contribution in [3.63, 3.8) is 0 Å². The Morgan fingerprint density at radius 2 is 2.11 bits per heavy atom. The number of carboxylic acids is 1. The van der Waals surface area contributed by atoms with Gasteiger partial charge < -0.3 is 15.7 Å². The molecule has 19 heavy (non-hydrogen) atoms. The lowest BCUT2D eigenvalue weighted by Gasteiger charge is -2.33. The van der Waals surface area contributed by atoms with Crippen molar-refractivity contribution in [1.82, 2.24) is 15.5 Å². The van der Waals surface area contributed by atoms with Gasteiger partial charge in [0.25, 0.3) is 0 Å². The lowest BCUT2D eigenvalue weighted by molar-refractivity contribution is -0.144. The van der Waals surface area contributed by atoms with Crippen LogP contribution >= 0.6 is 0 Å². The first-order valence-corrected chi connectivity index (χ1v) is 6.37. The van der Waals surface area contributed by atoms with Gasteiger partial charge in [-0.2, -0.15) is 0 Å². The van der Waals surface area contributed by atoms with Gasteiger partial charge in [-0.1, -0.05) is 20.8 Å². The zero-order valence-electron chi connectivity index (χ0n) is 11.5. The summed E-state index contributed by atoms with van der Waals surface area (Å²) in [5.74, 6) is -0.761. The molecule has 3 N–H and O–H groups in total. The van der Waals surface area contributed by atoms with Gasteiger partial charge in [0.15, 0.2) is 0 Å². The van der Waals surface area contributed by atoms with Gasteiger partial charge >= 0.3 is 12.0 Å². The quantitative estimate of drug-likeness (QED) is 0.663. The maximum Gasteiger partial charge on any atom is 0.328 e. The summed E-state index contributed by atoms with van der Waals surface area (Å²) in [4.78, 5) is 35.3. The van der Waals surface area contributed by atoms with E-state index < -0.39 is 18.0 Å². The van der Waals surface area contributed by atoms with Gasteiger partial charge in [0.2, 0.25) is 5.91 Å². The van der Waals surface area contributed by atoms with Crippen LogP contribution < -0.4 is 10.6 Å². The highest BCUT2D eigenvalue weighted by molar-refractivity contribution is 5.90. The number of hydrogen-bond donors (Lipinski definition) is 3. The highest BCUT2D eigenvalue weighted by Crippen LogP contribution is 2.09. The van der Waals surface area contributed by atoms with Gasteiger partial charge in [-0.05, 0) is 11.8 Å². The molecule has 108 valence electrons. The number of nitrogens with one attached hydrogen (secondary N) is 2. The summed E-state index contributed by atoms with van der Waals surface area (Å²) in [5, 5.41) is 14.2. The summed E-state index contributed by atoms with van der Waals surface area (Å²) in [6.07, 6.45) is 0. The van der Waals surface area contributed by atoms with E-state index in [-0.39, 0.29) is 24.9 Å². The summed E-state index contributed by atoms with van der Waals surface area (Å²) >= 11 is 0. The number of carboxylic acid groups (broad SMARTS) is 1. The number of amides is 3. The number of piperazine rings is 1. The van der Waals surface area contributed by atoms with Crippen molar-refractivity contribution in [3.05, 3.63) is 0 Å². The molecular formula is C12H21N3O4. The molecule has 0 bridgehead atoms. The molecule has 2 unspecified atom stereocenters. The van der Waals surface area contributed by atoms with Crippen LogP contribution in [-0.4, -0.2) is 53.6 Å². The maximum atomic E-state index is 12.0. The van der Waals surface area contributed by atoms with Gasteiger partial charge in [0.05, 0.1) is 0 Å². The van der Waals surface area contributed by atoms with Crippen LogP contribution in [0.1, 0.15) is 20.8 Å². The summed E-state index contributed by atoms with van der Waals surface area (Å²) in [7, 11) is 0. The second-order valence-corrected chi connectivity index (χ2v) is 5.19. The molecule has 0 radical (unpaired) electrons. The predicted molar refractivity (Wildman–Crippen MR) is 68.5 cm³/mol. The molecule has 1 rings (SSSR count). The molecule has 0 aromatic heterocycles. The molecule has 7 heteroatoms. The van der Waals surface area contributed by atoms with Gasteiger partial charge in [-0.3, -0.25) is 9.69 Å². The number of aliphatic carboxylic acids is 1. The number of carbonyl (C=O) groups is 3. The Morgan fingerprint density at radius 3 is 2.63 bits per heavy atom. The molecule has 1 aliphatic rings. The first-order valence-electron chi connectivity index (χ1n) is 6.37. The Morgan fingerprint density at radius 1 is 1.47 bits per heavy atom. The number of hydrogen-bond acceptors (Lipinski definition) is 3. The smallest absolute Gasteiger partial charge is 0.328 e. The van der Waals surface area contributed by atoms with Crippen LogP contribution in [0.3, 0.4) is 0 Å². The number of nitrogens with zero attached hydrogens (tertiary/aromatic N) is 1. The Hall–Kier alpha value is -1.79. The zero-order valence-corrected chi connectivity index (χ0v) is 11.5. The second kappa shape index (κ2) is 6.40. The third-order valence-electron chi connectivity index (χ3n) is 3.44. The van der Waals surface area contributed by atoms with Crippen molar-refractivity contribution in [1.29, 1.82) is 0 Å². The Balaban J connectivity index is 2.61. The van der Waals surface area contributed by atoms with Gasteiger partial charge in [0, 0.05) is 13.1 Å². The van der Waals surface area contributed by atoms with E-state index in [0.717, 1.165) is 4.90 Å². The molecule has 0 aromatic rings. The third kappa shape index (κ3) is 4.11. The van der Waals surface area contributed by atoms with Gasteiger partial charge in [-0.15, -0.1) is 0 Å². The lowest BCUT2D eigenvalue weighted by atomic mass is 9.98. The van der Waals surface area contributed by atoms with Crippen LogP contribution in [0.15, 0.2) is 0 Å². The SMILES string of the molecule is CC(C)C(C)CNC(=O)N1CC(=O)NCC1C(=O)O. The van der Waals surface area contributed by atoms with Crippen LogP contribution in [0.25, 0.3) is 0 Å². The standard InChI is InChI=1S/C12H21N3O4/c1-7(2)8(3)4-14-12(19)15-6-10(16)13-5-9(15)11(17)18/h7-9H,4-6H2,1-3H3,(H,13,16)(H,14,19)(H,17,18). The van der Waals surface area contributed by atoms with Crippen LogP contribution in [-0.2, 0) is 9.59 Å². The van der Waals surface area contributed by atoms with Crippen LogP contribution in [0.4, 0.5) is 4.79 Å². The zero-order chi connectivity index (χ0) is 14.6. The Bertz CT molecular complexity index is 370. The molecule has 0 spiro atoms. The number of carbonyl (C=O) groups excluding carboxylic acids is 2. The lowest BCUT2D eigenvalue weighted by Crippen LogP contribution is -2.61. The van der Waals surface area contributed by atoms with E-state index in [4.69, 9.17) is 5.11 Å². The summed E-state index contributed by atoms with van der Waals surface area (Å²) in [6.45, 7) is 6.28. The van der Waals surface area contributed by atoms with Crippen molar-refractivity contribution < 1.29 is 19.5 Å². The molecule has 1 aliphatic heterocycles. The fraction of sp³-hybridized carbons (Fsp3) is 0.750. The van der Waals surface area contributed by atoms with E-state index in [9.17, 15) is 14.4 Å². The molecule has 7 nitrogen and oxygen atoms in total. The molecular weight excluding hydrogens is 250 g/mol. The first-order chi connectivity index (χ1) is 8.82. The van der Waals surface area contributed by atoms with Crippen molar-refractivity contribution in [2.75, 3.05) is 19.6 Å². The second-order valence-electron chi connectivity index (χ2n) is 5.19. The third-order valence-corrected chi connectivity index (χ3v) is 3.44. The Labute approximate surface area is 112 Å². The average Bonchev–Trinajstić information content (AvgIpc) is 2.34. The van der Waals surface area contributed by atoms with Crippen molar-refractivity contribution in [3.8, 4) is 0 Å². The number of urea groups is 1. The summed E-state index contributed by atoms with van der Waals surface area (Å²) in [6, 6.07) is -1.51. The summed E-state index contributed by atoms with van der Waals surface area (Å²) in [5.41, 5.74) is 0. The maximum absolute atomic E-state index is 12.0. The highest BCUT2D eigenvalue weighted by atomic mass is 16.4. The van der Waals surface area contributed by atoms with Crippen molar-refractivity contribution >= 4 is 17.9 Å². The minimum absolute atomic E-state index is 0.0542. The Kier molecular flexibility index (Phi) is 5.14. The van der Waals surface area contributed by atoms with E-state index in [1.807, 2.05) is 20.8 Å². The van der Waals surface area contributed by atoms with Gasteiger partial charge in [0.1, 0.15) is 12.6 Å². The highest BCUT2D eigenvalue weighted by Gasteiger charge is 2.35. The fourth-order valence-corrected chi connectivity index (χ4v) is 1.66. The van der Waals surface area contributed by atoms with E-state index in [1.54, 1.807) is 0 Å².